The van der Waals surface area contributed by atoms with E-state index in [1.165, 1.54) is 6.26 Å². The van der Waals surface area contributed by atoms with Crippen molar-refractivity contribution in [1.29, 1.82) is 5.26 Å². The highest BCUT2D eigenvalue weighted by Gasteiger charge is 2.31. The molecule has 31 heavy (non-hydrogen) atoms. The molecule has 0 bridgehead atoms. The highest BCUT2D eigenvalue weighted by atomic mass is 35.5. The van der Waals surface area contributed by atoms with Gasteiger partial charge in [0.15, 0.2) is 9.84 Å². The molecule has 0 aliphatic carbocycles. The van der Waals surface area contributed by atoms with Crippen molar-refractivity contribution in [3.63, 3.8) is 0 Å². The van der Waals surface area contributed by atoms with Crippen LogP contribution in [-0.2, 0) is 9.84 Å². The van der Waals surface area contributed by atoms with Gasteiger partial charge in [-0.25, -0.2) is 8.42 Å². The van der Waals surface area contributed by atoms with Crippen LogP contribution < -0.4 is 4.74 Å². The van der Waals surface area contributed by atoms with Gasteiger partial charge in [0.25, 0.3) is 0 Å². The average Bonchev–Trinajstić information content (AvgIpc) is 3.08. The summed E-state index contributed by atoms with van der Waals surface area (Å²) in [7, 11) is -3.22. The minimum Gasteiger partial charge on any atom is -0.493 e. The molecule has 0 amide bonds. The molecule has 1 heterocycles. The van der Waals surface area contributed by atoms with Gasteiger partial charge in [0.05, 0.1) is 29.7 Å². The third-order valence-electron chi connectivity index (χ3n) is 5.72. The highest BCUT2D eigenvalue weighted by molar-refractivity contribution is 7.90. The number of hydrogen-bond donors (Lipinski definition) is 1. The van der Waals surface area contributed by atoms with E-state index in [2.05, 4.69) is 17.9 Å². The van der Waals surface area contributed by atoms with E-state index in [1.54, 1.807) is 36.4 Å². The Morgan fingerprint density at radius 1 is 1.29 bits per heavy atom. The maximum Gasteiger partial charge on any atom is 0.175 e. The molecule has 0 spiro atoms. The van der Waals surface area contributed by atoms with Crippen LogP contribution in [0.4, 0.5) is 0 Å². The molecule has 0 saturated carbocycles. The first-order chi connectivity index (χ1) is 14.7. The zero-order valence-corrected chi connectivity index (χ0v) is 19.2. The van der Waals surface area contributed by atoms with E-state index in [1.807, 2.05) is 6.07 Å². The van der Waals surface area contributed by atoms with Crippen LogP contribution in [0.1, 0.15) is 30.4 Å². The molecule has 6 nitrogen and oxygen atoms in total. The summed E-state index contributed by atoms with van der Waals surface area (Å²) in [5.74, 6) is 0.851. The number of benzene rings is 2. The lowest BCUT2D eigenvalue weighted by atomic mass is 9.97. The van der Waals surface area contributed by atoms with Crippen molar-refractivity contribution < 1.29 is 18.3 Å². The van der Waals surface area contributed by atoms with E-state index < -0.39 is 9.84 Å². The fourth-order valence-electron chi connectivity index (χ4n) is 4.05. The van der Waals surface area contributed by atoms with Gasteiger partial charge in [-0.2, -0.15) is 5.26 Å². The minimum absolute atomic E-state index is 0.0255. The zero-order chi connectivity index (χ0) is 22.6. The van der Waals surface area contributed by atoms with Crippen molar-refractivity contribution in [1.82, 2.24) is 4.90 Å². The van der Waals surface area contributed by atoms with Crippen molar-refractivity contribution in [3.8, 4) is 11.8 Å². The molecule has 0 radical (unpaired) electrons. The summed E-state index contributed by atoms with van der Waals surface area (Å²) < 4.78 is 29.0. The Balaban J connectivity index is 1.59. The summed E-state index contributed by atoms with van der Waals surface area (Å²) in [5.41, 5.74) is 1.35. The van der Waals surface area contributed by atoms with Gasteiger partial charge in [-0.1, -0.05) is 11.6 Å². The number of aliphatic hydroxyl groups is 1. The third kappa shape index (κ3) is 6.20. The van der Waals surface area contributed by atoms with Crippen molar-refractivity contribution in [3.05, 3.63) is 58.6 Å². The molecular weight excluding hydrogens is 436 g/mol. The van der Waals surface area contributed by atoms with E-state index in [0.717, 1.165) is 18.5 Å². The lowest BCUT2D eigenvalue weighted by Gasteiger charge is -2.26. The van der Waals surface area contributed by atoms with Crippen molar-refractivity contribution in [2.45, 2.75) is 30.2 Å². The van der Waals surface area contributed by atoms with Crippen LogP contribution in [0, 0.1) is 17.2 Å². The van der Waals surface area contributed by atoms with E-state index in [0.29, 0.717) is 41.4 Å². The molecule has 8 heteroatoms. The fourth-order valence-corrected chi connectivity index (χ4v) is 4.93. The van der Waals surface area contributed by atoms with E-state index in [4.69, 9.17) is 16.3 Å². The van der Waals surface area contributed by atoms with E-state index in [9.17, 15) is 18.8 Å². The number of sulfone groups is 1. The highest BCUT2D eigenvalue weighted by Crippen LogP contribution is 2.29. The molecule has 1 fully saturated rings. The first-order valence-electron chi connectivity index (χ1n) is 10.2. The molecule has 166 valence electrons. The minimum atomic E-state index is -3.22. The smallest absolute Gasteiger partial charge is 0.175 e. The summed E-state index contributed by atoms with van der Waals surface area (Å²) in [5, 5.41) is 19.6. The van der Waals surface area contributed by atoms with Gasteiger partial charge in [-0.05, 0) is 61.4 Å². The van der Waals surface area contributed by atoms with Crippen molar-refractivity contribution in [2.24, 2.45) is 5.92 Å². The van der Waals surface area contributed by atoms with E-state index >= 15 is 0 Å². The van der Waals surface area contributed by atoms with Gasteiger partial charge in [0.1, 0.15) is 5.75 Å². The Labute approximate surface area is 188 Å². The average molecular weight is 463 g/mol. The number of likely N-dealkylation sites (tertiary alicyclic amines) is 1. The first kappa shape index (κ1) is 23.6. The lowest BCUT2D eigenvalue weighted by molar-refractivity contribution is 0.188. The Hall–Kier alpha value is -2.11. The molecule has 3 atom stereocenters. The second kappa shape index (κ2) is 10.0. The molecule has 3 rings (SSSR count). The van der Waals surface area contributed by atoms with Crippen LogP contribution in [-0.4, -0.2) is 57.0 Å². The van der Waals surface area contributed by atoms with Crippen LogP contribution in [0.3, 0.4) is 0 Å². The Morgan fingerprint density at radius 2 is 2.00 bits per heavy atom. The van der Waals surface area contributed by atoms with Gasteiger partial charge >= 0.3 is 0 Å². The predicted molar refractivity (Wildman–Crippen MR) is 120 cm³/mol. The Morgan fingerprint density at radius 3 is 2.61 bits per heavy atom. The number of hydrogen-bond acceptors (Lipinski definition) is 6. The topological polar surface area (TPSA) is 90.6 Å². The zero-order valence-electron chi connectivity index (χ0n) is 17.7. The number of ether oxygens (including phenoxy) is 1. The fraction of sp³-hybridized carbons (Fsp3) is 0.435. The van der Waals surface area contributed by atoms with Crippen LogP contribution in [0.2, 0.25) is 5.02 Å². The van der Waals surface area contributed by atoms with Gasteiger partial charge < -0.3 is 9.84 Å². The van der Waals surface area contributed by atoms with E-state index in [-0.39, 0.29) is 17.4 Å². The summed E-state index contributed by atoms with van der Waals surface area (Å²) in [6.07, 6.45) is 2.15. The quantitative estimate of drug-likeness (QED) is 0.645. The number of aliphatic hydroxyl groups excluding tert-OH is 1. The van der Waals surface area contributed by atoms with Gasteiger partial charge in [0.2, 0.25) is 0 Å². The number of rotatable bonds is 8. The molecule has 0 unspecified atom stereocenters. The maximum absolute atomic E-state index is 11.6. The second-order valence-electron chi connectivity index (χ2n) is 8.22. The summed E-state index contributed by atoms with van der Waals surface area (Å²) in [4.78, 5) is 2.60. The van der Waals surface area contributed by atoms with Crippen LogP contribution in [0.5, 0.6) is 5.75 Å². The summed E-state index contributed by atoms with van der Waals surface area (Å²) in [6, 6.07) is 14.1. The van der Waals surface area contributed by atoms with Gasteiger partial charge in [-0.15, -0.1) is 0 Å². The molecule has 1 N–H and O–H groups in total. The molecule has 2 aromatic rings. The van der Waals surface area contributed by atoms with Gasteiger partial charge in [0, 0.05) is 42.2 Å². The largest absolute Gasteiger partial charge is 0.493 e. The lowest BCUT2D eigenvalue weighted by Crippen LogP contribution is -2.33. The van der Waals surface area contributed by atoms with Crippen LogP contribution >= 0.6 is 11.6 Å². The molecular formula is C23H27ClN2O4S. The SMILES string of the molecule is C[C@@H]1C[C@H](COc2ccc(S(C)(=O)=O)cc2)CN1C[C@H](CO)c1cc(Cl)cc(C#N)c1. The number of nitriles is 1. The van der Waals surface area contributed by atoms with Gasteiger partial charge in [-0.3, -0.25) is 4.90 Å². The summed E-state index contributed by atoms with van der Waals surface area (Å²) >= 11 is 6.14. The van der Waals surface area contributed by atoms with Crippen molar-refractivity contribution in [2.75, 3.05) is 32.6 Å². The predicted octanol–water partition coefficient (Wildman–Crippen LogP) is 3.48. The van der Waals surface area contributed by atoms with Crippen molar-refractivity contribution >= 4 is 21.4 Å². The number of nitrogens with zero attached hydrogens (tertiary/aromatic N) is 2. The Bertz CT molecular complexity index is 1050. The Kier molecular flexibility index (Phi) is 7.60. The molecule has 0 aromatic heterocycles. The molecule has 1 aliphatic rings. The van der Waals surface area contributed by atoms with Crippen LogP contribution in [0.15, 0.2) is 47.4 Å². The monoisotopic (exact) mass is 462 g/mol. The molecule has 2 aromatic carbocycles. The molecule has 1 aliphatic heterocycles. The standard InChI is InChI=1S/C23H27ClN2O4S/c1-16-7-18(15-30-22-3-5-23(6-4-22)31(2,28)29)12-26(16)13-20(14-27)19-8-17(11-25)9-21(24)10-19/h3-6,8-10,16,18,20,27H,7,12-15H2,1-2H3/t16-,18+,20-/m1/s1. The number of halogens is 1. The van der Waals surface area contributed by atoms with Crippen LogP contribution in [0.25, 0.3) is 0 Å². The summed E-state index contributed by atoms with van der Waals surface area (Å²) in [6.45, 7) is 4.18. The normalized spacial score (nSPS) is 20.4. The first-order valence-corrected chi connectivity index (χ1v) is 12.4. The third-order valence-corrected chi connectivity index (χ3v) is 7.07. The molecule has 1 saturated heterocycles. The second-order valence-corrected chi connectivity index (χ2v) is 10.7. The maximum atomic E-state index is 11.6.